The van der Waals surface area contributed by atoms with Crippen LogP contribution in [0.2, 0.25) is 0 Å². The van der Waals surface area contributed by atoms with Crippen LogP contribution in [0.15, 0.2) is 28.8 Å². The van der Waals surface area contributed by atoms with Gasteiger partial charge in [0.2, 0.25) is 5.91 Å². The number of rotatable bonds is 5. The summed E-state index contributed by atoms with van der Waals surface area (Å²) in [6.07, 6.45) is 2.03. The van der Waals surface area contributed by atoms with Crippen LogP contribution in [0.4, 0.5) is 0 Å². The normalized spacial score (nSPS) is 13.7. The van der Waals surface area contributed by atoms with Gasteiger partial charge < -0.3 is 15.2 Å². The molecule has 1 saturated carbocycles. The van der Waals surface area contributed by atoms with Crippen molar-refractivity contribution in [3.8, 4) is 11.5 Å². The van der Waals surface area contributed by atoms with E-state index in [2.05, 4.69) is 20.8 Å². The van der Waals surface area contributed by atoms with Gasteiger partial charge in [-0.2, -0.15) is 4.98 Å². The van der Waals surface area contributed by atoms with E-state index in [9.17, 15) is 9.59 Å². The third-order valence-electron chi connectivity index (χ3n) is 3.28. The van der Waals surface area contributed by atoms with Crippen molar-refractivity contribution in [3.63, 3.8) is 0 Å². The fourth-order valence-electron chi connectivity index (χ4n) is 2.04. The first-order valence-electron chi connectivity index (χ1n) is 7.11. The third kappa shape index (κ3) is 3.30. The molecular weight excluding hydrogens is 284 g/mol. The van der Waals surface area contributed by atoms with Crippen LogP contribution in [0.5, 0.6) is 0 Å². The Morgan fingerprint density at radius 3 is 2.77 bits per heavy atom. The number of benzene rings is 1. The molecule has 3 rings (SSSR count). The highest BCUT2D eigenvalue weighted by molar-refractivity contribution is 6.01. The van der Waals surface area contributed by atoms with Gasteiger partial charge in [-0.05, 0) is 31.9 Å². The fraction of sp³-hybridized carbons (Fsp3) is 0.333. The summed E-state index contributed by atoms with van der Waals surface area (Å²) in [7, 11) is 0. The van der Waals surface area contributed by atoms with Gasteiger partial charge in [-0.1, -0.05) is 17.3 Å². The Hall–Kier alpha value is -2.70. The maximum absolute atomic E-state index is 12.3. The standard InChI is InChI=1S/C15H16N4O3/c1-9-17-15(22-19-9)12-5-3-2-4-11(12)14(21)16-8-13(20)18-10-6-7-10/h2-5,10H,6-8H2,1H3,(H,16,21)(H,18,20). The predicted octanol–water partition coefficient (Wildman–Crippen LogP) is 1.05. The molecule has 0 spiro atoms. The van der Waals surface area contributed by atoms with Crippen molar-refractivity contribution in [2.75, 3.05) is 6.54 Å². The molecule has 1 aliphatic carbocycles. The second-order valence-corrected chi connectivity index (χ2v) is 5.22. The number of amides is 2. The van der Waals surface area contributed by atoms with Crippen molar-refractivity contribution in [1.82, 2.24) is 20.8 Å². The van der Waals surface area contributed by atoms with Gasteiger partial charge >= 0.3 is 0 Å². The van der Waals surface area contributed by atoms with Gasteiger partial charge in [-0.25, -0.2) is 0 Å². The monoisotopic (exact) mass is 300 g/mol. The lowest BCUT2D eigenvalue weighted by molar-refractivity contribution is -0.120. The molecule has 7 heteroatoms. The Morgan fingerprint density at radius 2 is 2.09 bits per heavy atom. The number of hydrogen-bond donors (Lipinski definition) is 2. The van der Waals surface area contributed by atoms with Crippen LogP contribution < -0.4 is 10.6 Å². The molecule has 0 unspecified atom stereocenters. The van der Waals surface area contributed by atoms with Crippen LogP contribution in [0.25, 0.3) is 11.5 Å². The summed E-state index contributed by atoms with van der Waals surface area (Å²) in [6, 6.07) is 7.19. The van der Waals surface area contributed by atoms with Crippen molar-refractivity contribution in [2.24, 2.45) is 0 Å². The number of carbonyl (C=O) groups is 2. The molecule has 1 aromatic carbocycles. The zero-order valence-corrected chi connectivity index (χ0v) is 12.1. The molecule has 2 amide bonds. The summed E-state index contributed by atoms with van der Waals surface area (Å²) < 4.78 is 5.11. The summed E-state index contributed by atoms with van der Waals surface area (Å²) in [6.45, 7) is 1.66. The summed E-state index contributed by atoms with van der Waals surface area (Å²) in [5.74, 6) is 0.249. The molecular formula is C15H16N4O3. The van der Waals surface area contributed by atoms with Crippen molar-refractivity contribution in [1.29, 1.82) is 0 Å². The predicted molar refractivity (Wildman–Crippen MR) is 78.0 cm³/mol. The van der Waals surface area contributed by atoms with Gasteiger partial charge in [0.1, 0.15) is 0 Å². The molecule has 114 valence electrons. The minimum absolute atomic E-state index is 0.0491. The van der Waals surface area contributed by atoms with E-state index in [1.165, 1.54) is 0 Å². The second-order valence-electron chi connectivity index (χ2n) is 5.22. The molecule has 22 heavy (non-hydrogen) atoms. The quantitative estimate of drug-likeness (QED) is 0.860. The number of nitrogens with zero attached hydrogens (tertiary/aromatic N) is 2. The molecule has 1 aromatic heterocycles. The summed E-state index contributed by atoms with van der Waals surface area (Å²) in [4.78, 5) is 28.0. The van der Waals surface area contributed by atoms with E-state index < -0.39 is 0 Å². The maximum atomic E-state index is 12.3. The topological polar surface area (TPSA) is 97.1 Å². The Balaban J connectivity index is 1.70. The number of aromatic nitrogens is 2. The van der Waals surface area contributed by atoms with Crippen molar-refractivity contribution >= 4 is 11.8 Å². The fourth-order valence-corrected chi connectivity index (χ4v) is 2.04. The van der Waals surface area contributed by atoms with Gasteiger partial charge in [0, 0.05) is 6.04 Å². The van der Waals surface area contributed by atoms with E-state index in [4.69, 9.17) is 4.52 Å². The van der Waals surface area contributed by atoms with E-state index in [0.717, 1.165) is 12.8 Å². The molecule has 0 saturated heterocycles. The number of nitrogens with one attached hydrogen (secondary N) is 2. The Kier molecular flexibility index (Phi) is 3.86. The van der Waals surface area contributed by atoms with E-state index in [1.807, 2.05) is 0 Å². The number of carbonyl (C=O) groups excluding carboxylic acids is 2. The molecule has 2 aromatic rings. The Morgan fingerprint density at radius 1 is 1.32 bits per heavy atom. The van der Waals surface area contributed by atoms with Gasteiger partial charge in [0.05, 0.1) is 17.7 Å². The number of hydrogen-bond acceptors (Lipinski definition) is 5. The van der Waals surface area contributed by atoms with Gasteiger partial charge in [0.25, 0.3) is 11.8 Å². The highest BCUT2D eigenvalue weighted by Gasteiger charge is 2.23. The molecule has 0 aliphatic heterocycles. The van der Waals surface area contributed by atoms with E-state index in [0.29, 0.717) is 17.0 Å². The minimum Gasteiger partial charge on any atom is -0.352 e. The van der Waals surface area contributed by atoms with Crippen molar-refractivity contribution in [2.45, 2.75) is 25.8 Å². The van der Waals surface area contributed by atoms with Crippen LogP contribution in [0, 0.1) is 6.92 Å². The molecule has 7 nitrogen and oxygen atoms in total. The molecule has 1 heterocycles. The van der Waals surface area contributed by atoms with Crippen LogP contribution in [0.1, 0.15) is 29.0 Å². The summed E-state index contributed by atoms with van der Waals surface area (Å²) >= 11 is 0. The Labute approximate surface area is 127 Å². The first kappa shape index (κ1) is 14.2. The molecule has 1 fully saturated rings. The maximum Gasteiger partial charge on any atom is 0.258 e. The van der Waals surface area contributed by atoms with Gasteiger partial charge in [-0.15, -0.1) is 0 Å². The molecule has 2 N–H and O–H groups in total. The second kappa shape index (κ2) is 5.97. The first-order valence-corrected chi connectivity index (χ1v) is 7.11. The molecule has 0 radical (unpaired) electrons. The SMILES string of the molecule is Cc1noc(-c2ccccc2C(=O)NCC(=O)NC2CC2)n1. The third-order valence-corrected chi connectivity index (χ3v) is 3.28. The number of aryl methyl sites for hydroxylation is 1. The lowest BCUT2D eigenvalue weighted by Gasteiger charge is -2.08. The zero-order valence-electron chi connectivity index (χ0n) is 12.1. The zero-order chi connectivity index (χ0) is 15.5. The van der Waals surface area contributed by atoms with Crippen LogP contribution in [-0.2, 0) is 4.79 Å². The van der Waals surface area contributed by atoms with Crippen LogP contribution >= 0.6 is 0 Å². The highest BCUT2D eigenvalue weighted by atomic mass is 16.5. The Bertz CT molecular complexity index is 706. The summed E-state index contributed by atoms with van der Waals surface area (Å²) in [5.41, 5.74) is 0.938. The van der Waals surface area contributed by atoms with Crippen molar-refractivity contribution < 1.29 is 14.1 Å². The van der Waals surface area contributed by atoms with E-state index >= 15 is 0 Å². The van der Waals surface area contributed by atoms with E-state index in [1.54, 1.807) is 31.2 Å². The molecule has 1 aliphatic rings. The largest absolute Gasteiger partial charge is 0.352 e. The van der Waals surface area contributed by atoms with Gasteiger partial charge in [0.15, 0.2) is 5.82 Å². The molecule has 0 atom stereocenters. The highest BCUT2D eigenvalue weighted by Crippen LogP contribution is 2.22. The summed E-state index contributed by atoms with van der Waals surface area (Å²) in [5, 5.41) is 9.15. The van der Waals surface area contributed by atoms with E-state index in [-0.39, 0.29) is 30.3 Å². The first-order chi connectivity index (χ1) is 10.6. The smallest absolute Gasteiger partial charge is 0.258 e. The van der Waals surface area contributed by atoms with Crippen molar-refractivity contribution in [3.05, 3.63) is 35.7 Å². The average Bonchev–Trinajstić information content (AvgIpc) is 3.23. The average molecular weight is 300 g/mol. The lowest BCUT2D eigenvalue weighted by Crippen LogP contribution is -2.37. The minimum atomic E-state index is -0.350. The van der Waals surface area contributed by atoms with Crippen LogP contribution in [-0.4, -0.2) is 34.5 Å². The van der Waals surface area contributed by atoms with Gasteiger partial charge in [-0.3, -0.25) is 9.59 Å². The molecule has 0 bridgehead atoms. The van der Waals surface area contributed by atoms with Crippen LogP contribution in [0.3, 0.4) is 0 Å². The lowest BCUT2D eigenvalue weighted by atomic mass is 10.1.